The first kappa shape index (κ1) is 13.1. The molecule has 0 saturated heterocycles. The van der Waals surface area contributed by atoms with E-state index in [1.165, 1.54) is 7.11 Å². The van der Waals surface area contributed by atoms with Crippen LogP contribution in [-0.4, -0.2) is 23.0 Å². The van der Waals surface area contributed by atoms with Crippen LogP contribution in [0.3, 0.4) is 0 Å². The number of rotatable bonds is 3. The fourth-order valence-corrected chi connectivity index (χ4v) is 1.91. The normalized spacial score (nSPS) is 10.3. The van der Waals surface area contributed by atoms with Crippen LogP contribution in [0.2, 0.25) is 0 Å². The molecular weight excluding hydrogens is 268 g/mol. The number of ether oxygens (including phenoxy) is 2. The molecule has 0 N–H and O–H groups in total. The van der Waals surface area contributed by atoms with E-state index in [4.69, 9.17) is 4.74 Å². The number of methoxy groups -OCH3 is 1. The van der Waals surface area contributed by atoms with Crippen molar-refractivity contribution in [1.29, 1.82) is 0 Å². The monoisotopic (exact) mass is 280 g/mol. The first-order valence-corrected chi connectivity index (χ1v) is 6.34. The van der Waals surface area contributed by atoms with Gasteiger partial charge in [-0.15, -0.1) is 0 Å². The van der Waals surface area contributed by atoms with Crippen LogP contribution in [0, 0.1) is 0 Å². The molecule has 21 heavy (non-hydrogen) atoms. The van der Waals surface area contributed by atoms with Crippen molar-refractivity contribution in [1.82, 2.24) is 9.97 Å². The van der Waals surface area contributed by atoms with Crippen molar-refractivity contribution in [2.75, 3.05) is 7.11 Å². The van der Waals surface area contributed by atoms with E-state index in [9.17, 15) is 4.79 Å². The number of hydrogen-bond donors (Lipinski definition) is 0. The molecule has 1 aromatic heterocycles. The molecule has 3 rings (SSSR count). The summed E-state index contributed by atoms with van der Waals surface area (Å²) in [6, 6.07) is 14.2. The van der Waals surface area contributed by atoms with Crippen LogP contribution in [0.1, 0.15) is 10.4 Å². The summed E-state index contributed by atoms with van der Waals surface area (Å²) in [5.41, 5.74) is 1.97. The molecule has 0 bridgehead atoms. The van der Waals surface area contributed by atoms with E-state index in [0.717, 1.165) is 11.0 Å². The molecule has 0 fully saturated rings. The molecule has 0 aliphatic carbocycles. The third kappa shape index (κ3) is 2.81. The fourth-order valence-electron chi connectivity index (χ4n) is 1.91. The topological polar surface area (TPSA) is 61.3 Å². The number of benzene rings is 2. The molecule has 0 unspecified atom stereocenters. The lowest BCUT2D eigenvalue weighted by Crippen LogP contribution is -2.01. The highest BCUT2D eigenvalue weighted by atomic mass is 16.5. The maximum absolute atomic E-state index is 11.5. The van der Waals surface area contributed by atoms with E-state index in [1.807, 2.05) is 24.3 Å². The van der Waals surface area contributed by atoms with Crippen molar-refractivity contribution in [3.8, 4) is 11.6 Å². The van der Waals surface area contributed by atoms with Gasteiger partial charge in [0.2, 0.25) is 5.88 Å². The van der Waals surface area contributed by atoms with Crippen LogP contribution < -0.4 is 4.74 Å². The summed E-state index contributed by atoms with van der Waals surface area (Å²) >= 11 is 0. The largest absolute Gasteiger partial charge is 0.465 e. The van der Waals surface area contributed by atoms with Gasteiger partial charge in [-0.3, -0.25) is 0 Å². The first-order chi connectivity index (χ1) is 10.3. The molecule has 0 atom stereocenters. The minimum atomic E-state index is -0.412. The average molecular weight is 280 g/mol. The lowest BCUT2D eigenvalue weighted by molar-refractivity contribution is 0.0600. The van der Waals surface area contributed by atoms with Gasteiger partial charge in [-0.25, -0.2) is 14.8 Å². The van der Waals surface area contributed by atoms with Crippen molar-refractivity contribution in [3.05, 3.63) is 60.3 Å². The van der Waals surface area contributed by atoms with Crippen LogP contribution in [0.5, 0.6) is 11.6 Å². The Morgan fingerprint density at radius 3 is 2.67 bits per heavy atom. The summed E-state index contributed by atoms with van der Waals surface area (Å²) in [6.07, 6.45) is 1.55. The predicted molar refractivity (Wildman–Crippen MR) is 77.4 cm³/mol. The maximum Gasteiger partial charge on any atom is 0.337 e. The molecule has 0 aliphatic heterocycles. The Morgan fingerprint density at radius 1 is 1.05 bits per heavy atom. The molecular formula is C16H12N2O3. The van der Waals surface area contributed by atoms with E-state index in [1.54, 1.807) is 30.5 Å². The molecule has 0 radical (unpaired) electrons. The highest BCUT2D eigenvalue weighted by Gasteiger charge is 2.07. The SMILES string of the molecule is COC(=O)c1cccc(Oc2cnc3ccccc3n2)c1. The summed E-state index contributed by atoms with van der Waals surface area (Å²) < 4.78 is 10.3. The van der Waals surface area contributed by atoms with Crippen LogP contribution in [0.25, 0.3) is 11.0 Å². The second kappa shape index (κ2) is 5.58. The Balaban J connectivity index is 1.89. The Morgan fingerprint density at radius 2 is 1.86 bits per heavy atom. The third-order valence-electron chi connectivity index (χ3n) is 2.90. The van der Waals surface area contributed by atoms with Gasteiger partial charge in [0.25, 0.3) is 0 Å². The molecule has 5 nitrogen and oxygen atoms in total. The third-order valence-corrected chi connectivity index (χ3v) is 2.90. The Kier molecular flexibility index (Phi) is 3.47. The lowest BCUT2D eigenvalue weighted by atomic mass is 10.2. The summed E-state index contributed by atoms with van der Waals surface area (Å²) in [4.78, 5) is 20.1. The Hall–Kier alpha value is -2.95. The number of esters is 1. The quantitative estimate of drug-likeness (QED) is 0.689. The number of para-hydroxylation sites is 2. The second-order valence-corrected chi connectivity index (χ2v) is 4.32. The molecule has 0 amide bonds. The van der Waals surface area contributed by atoms with E-state index in [2.05, 4.69) is 14.7 Å². The number of aromatic nitrogens is 2. The highest BCUT2D eigenvalue weighted by molar-refractivity contribution is 5.89. The number of hydrogen-bond acceptors (Lipinski definition) is 5. The van der Waals surface area contributed by atoms with Gasteiger partial charge < -0.3 is 9.47 Å². The van der Waals surface area contributed by atoms with Crippen molar-refractivity contribution in [2.24, 2.45) is 0 Å². The van der Waals surface area contributed by atoms with Gasteiger partial charge in [-0.05, 0) is 30.3 Å². The summed E-state index contributed by atoms with van der Waals surface area (Å²) in [6.45, 7) is 0. The van der Waals surface area contributed by atoms with Gasteiger partial charge in [0, 0.05) is 0 Å². The first-order valence-electron chi connectivity index (χ1n) is 6.34. The molecule has 0 saturated carbocycles. The number of fused-ring (bicyclic) bond motifs is 1. The van der Waals surface area contributed by atoms with Crippen LogP contribution in [0.15, 0.2) is 54.7 Å². The predicted octanol–water partition coefficient (Wildman–Crippen LogP) is 3.21. The van der Waals surface area contributed by atoms with Crippen LogP contribution in [0.4, 0.5) is 0 Å². The minimum absolute atomic E-state index is 0.371. The standard InChI is InChI=1S/C16H12N2O3/c1-20-16(19)11-5-4-6-12(9-11)21-15-10-17-13-7-2-3-8-14(13)18-15/h2-10H,1H3. The second-order valence-electron chi connectivity index (χ2n) is 4.32. The molecule has 5 heteroatoms. The van der Waals surface area contributed by atoms with E-state index in [0.29, 0.717) is 17.2 Å². The molecule has 0 aliphatic rings. The van der Waals surface area contributed by atoms with Gasteiger partial charge >= 0.3 is 5.97 Å². The van der Waals surface area contributed by atoms with Crippen molar-refractivity contribution < 1.29 is 14.3 Å². The van der Waals surface area contributed by atoms with Crippen molar-refractivity contribution in [2.45, 2.75) is 0 Å². The number of nitrogens with zero attached hydrogens (tertiary/aromatic N) is 2. The smallest absolute Gasteiger partial charge is 0.337 e. The zero-order valence-corrected chi connectivity index (χ0v) is 11.3. The fraction of sp³-hybridized carbons (Fsp3) is 0.0625. The molecule has 0 spiro atoms. The van der Waals surface area contributed by atoms with Crippen LogP contribution >= 0.6 is 0 Å². The molecule has 104 valence electrons. The van der Waals surface area contributed by atoms with Crippen LogP contribution in [-0.2, 0) is 4.74 Å². The van der Waals surface area contributed by atoms with Gasteiger partial charge in [0.1, 0.15) is 5.75 Å². The Labute approximate surface area is 121 Å². The maximum atomic E-state index is 11.5. The molecule has 2 aromatic carbocycles. The summed E-state index contributed by atoms with van der Waals surface area (Å²) in [5, 5.41) is 0. The highest BCUT2D eigenvalue weighted by Crippen LogP contribution is 2.22. The van der Waals surface area contributed by atoms with Crippen molar-refractivity contribution >= 4 is 17.0 Å². The summed E-state index contributed by atoms with van der Waals surface area (Å²) in [7, 11) is 1.34. The van der Waals surface area contributed by atoms with E-state index in [-0.39, 0.29) is 0 Å². The zero-order valence-electron chi connectivity index (χ0n) is 11.3. The van der Waals surface area contributed by atoms with E-state index < -0.39 is 5.97 Å². The molecule has 3 aromatic rings. The van der Waals surface area contributed by atoms with Gasteiger partial charge in [-0.2, -0.15) is 0 Å². The average Bonchev–Trinajstić information content (AvgIpc) is 2.54. The molecule has 1 heterocycles. The van der Waals surface area contributed by atoms with Gasteiger partial charge in [0.05, 0.1) is 29.9 Å². The Bertz CT molecular complexity index is 802. The number of carbonyl (C=O) groups excluding carboxylic acids is 1. The van der Waals surface area contributed by atoms with Crippen molar-refractivity contribution in [3.63, 3.8) is 0 Å². The number of carbonyl (C=O) groups is 1. The van der Waals surface area contributed by atoms with E-state index >= 15 is 0 Å². The van der Waals surface area contributed by atoms with Gasteiger partial charge in [0.15, 0.2) is 0 Å². The lowest BCUT2D eigenvalue weighted by Gasteiger charge is -2.06. The minimum Gasteiger partial charge on any atom is -0.465 e. The summed E-state index contributed by atoms with van der Waals surface area (Å²) in [5.74, 6) is 0.461. The zero-order chi connectivity index (χ0) is 14.7. The van der Waals surface area contributed by atoms with Gasteiger partial charge in [-0.1, -0.05) is 18.2 Å².